The number of nitrogens with two attached hydrogens (primary N) is 1. The summed E-state index contributed by atoms with van der Waals surface area (Å²) in [6.45, 7) is -1.52. The molecule has 0 amide bonds. The van der Waals surface area contributed by atoms with Crippen LogP contribution in [0, 0.1) is 0 Å². The third-order valence-electron chi connectivity index (χ3n) is 0.932. The fraction of sp³-hybridized carbons (Fsp3) is 0.750. The molecule has 0 aliphatic heterocycles. The standard InChI is InChI=1S/C4H10NO7P/c5-3(4(7)11-2-6)1-12-13(8,9)10/h3,6H,1-2,5H2,(H2,8,9,10)/t3-/m0/s1. The minimum atomic E-state index is -4.63. The smallest absolute Gasteiger partial charge is 0.437 e. The van der Waals surface area contributed by atoms with Crippen molar-refractivity contribution in [3.05, 3.63) is 0 Å². The fourth-order valence-electron chi connectivity index (χ4n) is 0.416. The number of hydrogen-bond donors (Lipinski definition) is 4. The molecule has 0 saturated carbocycles. The minimum absolute atomic E-state index is 0.677. The highest BCUT2D eigenvalue weighted by Gasteiger charge is 2.21. The molecule has 0 aliphatic carbocycles. The van der Waals surface area contributed by atoms with Crippen molar-refractivity contribution < 1.29 is 33.5 Å². The van der Waals surface area contributed by atoms with Crippen molar-refractivity contribution in [1.82, 2.24) is 0 Å². The Morgan fingerprint density at radius 1 is 1.54 bits per heavy atom. The Balaban J connectivity index is 3.81. The highest BCUT2D eigenvalue weighted by atomic mass is 31.2. The van der Waals surface area contributed by atoms with Gasteiger partial charge in [0, 0.05) is 0 Å². The second-order valence-electron chi connectivity index (χ2n) is 1.99. The van der Waals surface area contributed by atoms with Gasteiger partial charge >= 0.3 is 13.8 Å². The first-order valence-corrected chi connectivity index (χ1v) is 4.63. The number of carbonyl (C=O) groups is 1. The maximum atomic E-state index is 10.6. The first-order valence-electron chi connectivity index (χ1n) is 3.10. The van der Waals surface area contributed by atoms with Gasteiger partial charge in [0.1, 0.15) is 6.04 Å². The van der Waals surface area contributed by atoms with E-state index in [0.29, 0.717) is 0 Å². The van der Waals surface area contributed by atoms with E-state index in [1.54, 1.807) is 0 Å². The highest BCUT2D eigenvalue weighted by Crippen LogP contribution is 2.35. The summed E-state index contributed by atoms with van der Waals surface area (Å²) in [5.74, 6) is -1.00. The molecule has 0 rings (SSSR count). The zero-order valence-corrected chi connectivity index (χ0v) is 7.39. The number of phosphoric ester groups is 1. The lowest BCUT2D eigenvalue weighted by Crippen LogP contribution is -2.36. The molecule has 9 heteroatoms. The van der Waals surface area contributed by atoms with E-state index < -0.39 is 33.2 Å². The number of carbonyl (C=O) groups excluding carboxylic acids is 1. The fourth-order valence-corrected chi connectivity index (χ4v) is 0.771. The van der Waals surface area contributed by atoms with E-state index in [0.717, 1.165) is 0 Å². The van der Waals surface area contributed by atoms with Crippen molar-refractivity contribution >= 4 is 13.8 Å². The third kappa shape index (κ3) is 6.64. The average molecular weight is 215 g/mol. The first-order chi connectivity index (χ1) is 5.87. The van der Waals surface area contributed by atoms with Crippen LogP contribution in [0.5, 0.6) is 0 Å². The molecule has 13 heavy (non-hydrogen) atoms. The van der Waals surface area contributed by atoms with Crippen LogP contribution in [0.2, 0.25) is 0 Å². The number of aliphatic hydroxyl groups is 1. The summed E-state index contributed by atoms with van der Waals surface area (Å²) in [4.78, 5) is 27.0. The molecule has 0 spiro atoms. The predicted octanol–water partition coefficient (Wildman–Crippen LogP) is -2.08. The minimum Gasteiger partial charge on any atom is -0.437 e. The SMILES string of the molecule is N[C@@H](COP(=O)(O)O)C(=O)OCO. The van der Waals surface area contributed by atoms with Gasteiger partial charge in [0.05, 0.1) is 6.61 Å². The summed E-state index contributed by atoms with van der Waals surface area (Å²) in [6.07, 6.45) is 0. The Morgan fingerprint density at radius 2 is 2.08 bits per heavy atom. The quantitative estimate of drug-likeness (QED) is 0.232. The van der Waals surface area contributed by atoms with Gasteiger partial charge in [-0.3, -0.25) is 9.32 Å². The van der Waals surface area contributed by atoms with Crippen LogP contribution in [0.1, 0.15) is 0 Å². The largest absolute Gasteiger partial charge is 0.469 e. The molecule has 0 aromatic carbocycles. The molecule has 78 valence electrons. The van der Waals surface area contributed by atoms with Gasteiger partial charge in [-0.25, -0.2) is 4.57 Å². The number of aliphatic hydroxyl groups excluding tert-OH is 1. The van der Waals surface area contributed by atoms with Gasteiger partial charge in [-0.15, -0.1) is 0 Å². The van der Waals surface area contributed by atoms with Crippen LogP contribution < -0.4 is 5.73 Å². The van der Waals surface area contributed by atoms with Gasteiger partial charge in [-0.2, -0.15) is 0 Å². The maximum absolute atomic E-state index is 10.6. The molecule has 0 aromatic heterocycles. The predicted molar refractivity (Wildman–Crippen MR) is 39.1 cm³/mol. The molecule has 0 saturated heterocycles. The summed E-state index contributed by atoms with van der Waals surface area (Å²) in [7, 11) is -4.63. The van der Waals surface area contributed by atoms with Crippen LogP contribution in [0.25, 0.3) is 0 Å². The lowest BCUT2D eigenvalue weighted by molar-refractivity contribution is -0.154. The van der Waals surface area contributed by atoms with E-state index in [4.69, 9.17) is 20.6 Å². The zero-order valence-electron chi connectivity index (χ0n) is 6.49. The van der Waals surface area contributed by atoms with Crippen LogP contribution in [-0.2, 0) is 18.6 Å². The van der Waals surface area contributed by atoms with Crippen molar-refractivity contribution in [3.8, 4) is 0 Å². The summed E-state index contributed by atoms with van der Waals surface area (Å²) in [5, 5.41) is 8.12. The van der Waals surface area contributed by atoms with Crippen LogP contribution in [-0.4, -0.2) is 40.3 Å². The average Bonchev–Trinajstić information content (AvgIpc) is 1.99. The molecule has 0 heterocycles. The molecular weight excluding hydrogens is 205 g/mol. The lowest BCUT2D eigenvalue weighted by atomic mass is 10.3. The van der Waals surface area contributed by atoms with Gasteiger partial charge in [-0.05, 0) is 0 Å². The van der Waals surface area contributed by atoms with Crippen LogP contribution in [0.4, 0.5) is 0 Å². The molecule has 0 bridgehead atoms. The van der Waals surface area contributed by atoms with Gasteiger partial charge < -0.3 is 25.4 Å². The summed E-state index contributed by atoms with van der Waals surface area (Å²) >= 11 is 0. The molecule has 0 fully saturated rings. The van der Waals surface area contributed by atoms with Gasteiger partial charge in [0.2, 0.25) is 0 Å². The Morgan fingerprint density at radius 3 is 2.46 bits per heavy atom. The normalized spacial score (nSPS) is 13.8. The number of phosphoric acid groups is 1. The van der Waals surface area contributed by atoms with E-state index in [2.05, 4.69) is 9.26 Å². The molecule has 0 aliphatic rings. The molecule has 0 unspecified atom stereocenters. The van der Waals surface area contributed by atoms with Crippen molar-refractivity contribution in [2.45, 2.75) is 6.04 Å². The van der Waals surface area contributed by atoms with E-state index in [1.807, 2.05) is 0 Å². The zero-order chi connectivity index (χ0) is 10.5. The first kappa shape index (κ1) is 12.5. The van der Waals surface area contributed by atoms with Gasteiger partial charge in [-0.1, -0.05) is 0 Å². The monoisotopic (exact) mass is 215 g/mol. The van der Waals surface area contributed by atoms with Crippen LogP contribution >= 0.6 is 7.82 Å². The maximum Gasteiger partial charge on any atom is 0.469 e. The summed E-state index contributed by atoms with van der Waals surface area (Å²) in [6, 6.07) is -1.33. The molecular formula is C4H10NO7P. The second kappa shape index (κ2) is 5.28. The summed E-state index contributed by atoms with van der Waals surface area (Å²) < 4.78 is 18.1. The molecule has 0 radical (unpaired) electrons. The molecule has 8 nitrogen and oxygen atoms in total. The number of esters is 1. The van der Waals surface area contributed by atoms with E-state index in [1.165, 1.54) is 0 Å². The van der Waals surface area contributed by atoms with Gasteiger partial charge in [0.15, 0.2) is 6.79 Å². The van der Waals surface area contributed by atoms with E-state index >= 15 is 0 Å². The van der Waals surface area contributed by atoms with Crippen molar-refractivity contribution in [2.75, 3.05) is 13.4 Å². The van der Waals surface area contributed by atoms with E-state index in [-0.39, 0.29) is 0 Å². The van der Waals surface area contributed by atoms with E-state index in [9.17, 15) is 9.36 Å². The Bertz CT molecular complexity index is 213. The van der Waals surface area contributed by atoms with Crippen molar-refractivity contribution in [3.63, 3.8) is 0 Å². The van der Waals surface area contributed by atoms with Crippen molar-refractivity contribution in [1.29, 1.82) is 0 Å². The topological polar surface area (TPSA) is 139 Å². The third-order valence-corrected chi connectivity index (χ3v) is 1.42. The molecule has 5 N–H and O–H groups in total. The summed E-state index contributed by atoms with van der Waals surface area (Å²) in [5.41, 5.74) is 5.06. The molecule has 1 atom stereocenters. The highest BCUT2D eigenvalue weighted by molar-refractivity contribution is 7.46. The van der Waals surface area contributed by atoms with Crippen molar-refractivity contribution in [2.24, 2.45) is 5.73 Å². The second-order valence-corrected chi connectivity index (χ2v) is 3.22. The number of rotatable bonds is 5. The van der Waals surface area contributed by atoms with Crippen LogP contribution in [0.3, 0.4) is 0 Å². The Labute approximate surface area is 73.5 Å². The van der Waals surface area contributed by atoms with Gasteiger partial charge in [0.25, 0.3) is 0 Å². The number of ether oxygens (including phenoxy) is 1. The lowest BCUT2D eigenvalue weighted by Gasteiger charge is -2.10. The Hall–Kier alpha value is -0.500. The number of hydrogen-bond acceptors (Lipinski definition) is 6. The van der Waals surface area contributed by atoms with Crippen LogP contribution in [0.15, 0.2) is 0 Å². The Kier molecular flexibility index (Phi) is 5.07. The molecule has 0 aromatic rings.